The van der Waals surface area contributed by atoms with E-state index in [1.807, 2.05) is 53.7 Å². The summed E-state index contributed by atoms with van der Waals surface area (Å²) in [5, 5.41) is -8.10. The molecule has 0 unspecified atom stereocenters. The van der Waals surface area contributed by atoms with Crippen molar-refractivity contribution in [3.63, 3.8) is 0 Å². The molecule has 106 heavy (non-hydrogen) atoms. The van der Waals surface area contributed by atoms with E-state index in [0.717, 1.165) is 40.1 Å². The molecule has 0 atom stereocenters. The summed E-state index contributed by atoms with van der Waals surface area (Å²) in [6.07, 6.45) is 4.52. The zero-order chi connectivity index (χ0) is 109. The van der Waals surface area contributed by atoms with Crippen molar-refractivity contribution in [3.05, 3.63) is 392 Å². The molecule has 0 saturated carbocycles. The Labute approximate surface area is 683 Å². The van der Waals surface area contributed by atoms with Gasteiger partial charge in [0.2, 0.25) is 0 Å². The summed E-state index contributed by atoms with van der Waals surface area (Å²) in [6, 6.07) is -14.3. The van der Waals surface area contributed by atoms with Gasteiger partial charge in [0.15, 0.2) is 16.1 Å². The molecule has 0 spiro atoms. The number of pyridine rings is 1. The number of hydrogen-bond acceptors (Lipinski definition) is 2. The zero-order valence-corrected chi connectivity index (χ0v) is 59.4. The van der Waals surface area contributed by atoms with Crippen molar-refractivity contribution >= 4 is 90.5 Å². The summed E-state index contributed by atoms with van der Waals surface area (Å²) in [5.41, 5.74) is -1.58. The van der Waals surface area contributed by atoms with Gasteiger partial charge in [-0.05, 0) is 152 Å². The molecule has 7 heteroatoms. The number of rotatable bonds is 16. The smallest absolute Gasteiger partial charge is 0.269 e. The standard InChI is InChI=1S/C99H82N4OSi2/c1-70-60-96(100-68-90(70)71-34-15-8-16-35-71)103-91-54-30-29-52-88(91)89-58-57-79(67-93(89)103)104-78-38-32-37-77(66-78)101-69-102(92-59-56-72(64-94(92)101)74-61-75(98(2,3)4)65-76(62-74)99(5,6)7)97-87(53-33-55-95(97)106(83-45-23-12-24-46-83,84-47-25-13-26-48-84)85-49-27-14-28-50-85)73-36-31-51-86(63-73)105(80-39-17-9-18-40-80,81-41-19-10-20-42-81)82-43-21-11-22-44-82/h8-68H,1-7H3/i1D3,8D,9D,10D,11D,12D,13D,14D,15D,16D,17D,18D,19D,20D,21D,22D,23D,24D,25D,26D,27D,28D,31D,34D,35D,36D,39D,40D,41D,42D,43D,44D,45D,46D,47D,48D,49D,50D,51D,63D. The van der Waals surface area contributed by atoms with Crippen molar-refractivity contribution in [2.45, 2.75) is 59.2 Å². The number of aromatic nitrogens is 4. The summed E-state index contributed by atoms with van der Waals surface area (Å²) in [5.74, 6) is 0.0774. The first kappa shape index (κ1) is 35.0. The summed E-state index contributed by atoms with van der Waals surface area (Å²) in [7, 11) is -13.6. The minimum Gasteiger partial charge on any atom is -0.458 e. The predicted molar refractivity (Wildman–Crippen MR) is 448 cm³/mol. The highest BCUT2D eigenvalue weighted by atomic mass is 28.3. The zero-order valence-electron chi connectivity index (χ0n) is 99.4. The molecule has 0 N–H and O–H groups in total. The number of nitrogens with zero attached hydrogens (tertiary/aromatic N) is 4. The molecule has 17 aromatic rings. The molecule has 512 valence electrons. The molecule has 5 nitrogen and oxygen atoms in total. The Hall–Kier alpha value is -12.3. The third-order valence-electron chi connectivity index (χ3n) is 18.7. The van der Waals surface area contributed by atoms with Crippen molar-refractivity contribution in [2.75, 3.05) is 0 Å². The van der Waals surface area contributed by atoms with Crippen LogP contribution in [0.3, 0.4) is 0 Å². The van der Waals surface area contributed by atoms with E-state index < -0.39 is 339 Å². The fourth-order valence-corrected chi connectivity index (χ4v) is 21.2. The quantitative estimate of drug-likeness (QED) is 0.0418. The number of hydrogen-bond donors (Lipinski definition) is 0. The lowest BCUT2D eigenvalue weighted by Gasteiger charge is -2.37. The Morgan fingerprint density at radius 2 is 0.925 bits per heavy atom. The fraction of sp³-hybridized carbons (Fsp3) is 0.0909. The SMILES string of the molecule is [2H]c1c([2H])c([2H])c(-c2cnc(-n3c4ccccc4c4ccc(Oc5cccc(-n6[c-][n+](-c7c(-c8c([2H])c([2H])c([2H])c([Si](c9c([2H])c([2H])c([2H])c([2H])c9[2H])(c9c([2H])c([2H])c([2H])c([2H])c9[2H])c9c([2H])c([2H])c([2H])c([2H])c9[2H])c8[2H])cccc7[Si](c7c([2H])c([2H])c([2H])c([2H])c7[2H])(c7c([2H])c([2H])c([2H])c([2H])c7[2H])c7c([2H])c([2H])c([2H])c([2H])c7[2H])c7ccc(-c8cc(C(C)(C)C)cc(C(C)(C)C)c8)cc76)c5)cc43)cc2C([2H])([2H])[2H])c([2H])c1[2H]. The second kappa shape index (κ2) is 27.4. The lowest BCUT2D eigenvalue weighted by molar-refractivity contribution is -0.570. The molecule has 17 rings (SSSR count). The molecular weight excluding hydrogens is 1320 g/mol. The maximum atomic E-state index is 11.5. The van der Waals surface area contributed by atoms with Crippen molar-refractivity contribution in [3.8, 4) is 62.1 Å². The van der Waals surface area contributed by atoms with E-state index in [0.29, 0.717) is 32.9 Å². The molecule has 0 aliphatic carbocycles. The molecule has 0 aliphatic rings. The number of aryl methyl sites for hydroxylation is 1. The van der Waals surface area contributed by atoms with Crippen LogP contribution in [0.5, 0.6) is 11.5 Å². The lowest BCUT2D eigenvalue weighted by atomic mass is 9.79. The third kappa shape index (κ3) is 11.9. The van der Waals surface area contributed by atoms with Crippen LogP contribution < -0.4 is 50.8 Å². The molecule has 0 amide bonds. The van der Waals surface area contributed by atoms with Gasteiger partial charge in [-0.15, -0.1) is 0 Å². The van der Waals surface area contributed by atoms with Crippen LogP contribution in [0, 0.1) is 13.2 Å². The van der Waals surface area contributed by atoms with E-state index in [-0.39, 0.29) is 39.6 Å². The molecule has 14 aromatic carbocycles. The number of fused-ring (bicyclic) bond motifs is 4. The van der Waals surface area contributed by atoms with Gasteiger partial charge < -0.3 is 4.74 Å². The van der Waals surface area contributed by atoms with Crippen LogP contribution in [0.1, 0.15) is 116 Å². The topological polar surface area (TPSA) is 35.9 Å². The van der Waals surface area contributed by atoms with E-state index in [9.17, 15) is 42.5 Å². The Morgan fingerprint density at radius 3 is 1.50 bits per heavy atom. The largest absolute Gasteiger partial charge is 0.458 e. The second-order valence-electron chi connectivity index (χ2n) is 26.9. The van der Waals surface area contributed by atoms with E-state index >= 15 is 0 Å². The van der Waals surface area contributed by atoms with Gasteiger partial charge in [0.1, 0.15) is 17.3 Å². The van der Waals surface area contributed by atoms with Gasteiger partial charge in [-0.1, -0.05) is 350 Å². The average molecular weight is 1440 g/mol. The number of para-hydroxylation sites is 2. The number of ether oxygens (including phenoxy) is 1. The highest BCUT2D eigenvalue weighted by molar-refractivity contribution is 7.21. The Kier molecular flexibility index (Phi) is 9.05. The van der Waals surface area contributed by atoms with Crippen LogP contribution in [0.25, 0.3) is 83.4 Å². The predicted octanol–water partition coefficient (Wildman–Crippen LogP) is 18.7. The first-order valence-corrected chi connectivity index (χ1v) is 37.4. The van der Waals surface area contributed by atoms with Crippen LogP contribution >= 0.6 is 0 Å². The molecule has 3 aromatic heterocycles. The van der Waals surface area contributed by atoms with Gasteiger partial charge in [-0.25, -0.2) is 4.98 Å². The van der Waals surface area contributed by atoms with Crippen molar-refractivity contribution in [1.82, 2.24) is 14.1 Å². The first-order chi connectivity index (χ1) is 69.1. The van der Waals surface area contributed by atoms with Gasteiger partial charge in [0.05, 0.1) is 86.9 Å². The van der Waals surface area contributed by atoms with Crippen LogP contribution in [0.15, 0.2) is 369 Å². The van der Waals surface area contributed by atoms with Crippen molar-refractivity contribution < 1.29 is 66.9 Å². The summed E-state index contributed by atoms with van der Waals surface area (Å²) < 4.78 is 417. The maximum absolute atomic E-state index is 11.5. The molecule has 0 bridgehead atoms. The summed E-state index contributed by atoms with van der Waals surface area (Å²) in [4.78, 5) is 4.74. The van der Waals surface area contributed by atoms with Crippen LogP contribution in [-0.2, 0) is 10.8 Å². The molecular formula is C99H82N4OSi2. The van der Waals surface area contributed by atoms with Crippen LogP contribution in [0.4, 0.5) is 0 Å². The van der Waals surface area contributed by atoms with Gasteiger partial charge in [0.25, 0.3) is 6.33 Å². The molecule has 0 aliphatic heterocycles. The Bertz CT molecular complexity index is 8150. The van der Waals surface area contributed by atoms with Crippen molar-refractivity contribution in [1.29, 1.82) is 0 Å². The highest BCUT2D eigenvalue weighted by Gasteiger charge is 2.45. The lowest BCUT2D eigenvalue weighted by Crippen LogP contribution is -2.76. The minimum atomic E-state index is -6.86. The van der Waals surface area contributed by atoms with Crippen LogP contribution in [0.2, 0.25) is 0 Å². The monoisotopic (exact) mass is 1440 g/mol. The third-order valence-corrected chi connectivity index (χ3v) is 26.9. The van der Waals surface area contributed by atoms with E-state index in [1.54, 1.807) is 65.2 Å². The molecule has 0 radical (unpaired) electrons. The Balaban J connectivity index is 1.08. The summed E-state index contributed by atoms with van der Waals surface area (Å²) in [6.45, 7) is 8.99. The number of imidazole rings is 1. The van der Waals surface area contributed by atoms with Gasteiger partial charge in [-0.3, -0.25) is 13.7 Å². The van der Waals surface area contributed by atoms with E-state index in [1.165, 1.54) is 34.9 Å². The van der Waals surface area contributed by atoms with Gasteiger partial charge >= 0.3 is 0 Å². The van der Waals surface area contributed by atoms with E-state index in [2.05, 4.69) is 12.4 Å². The first-order valence-electron chi connectivity index (χ1n) is 54.4. The van der Waals surface area contributed by atoms with E-state index in [4.69, 9.17) is 24.8 Å². The van der Waals surface area contributed by atoms with Gasteiger partial charge in [0, 0.05) is 32.7 Å². The fourth-order valence-electron chi connectivity index (χ4n) is 13.6. The molecule has 3 heterocycles. The minimum absolute atomic E-state index is 0.000649. The average Bonchev–Trinajstić information content (AvgIpc) is 0.992. The maximum Gasteiger partial charge on any atom is 0.269 e. The Morgan fingerprint density at radius 1 is 0.406 bits per heavy atom. The molecule has 0 fully saturated rings. The highest BCUT2D eigenvalue weighted by Crippen LogP contribution is 2.39. The molecule has 0 saturated heterocycles. The van der Waals surface area contributed by atoms with Crippen molar-refractivity contribution in [2.24, 2.45) is 0 Å². The number of benzene rings is 14. The normalized spacial score (nSPS) is 17.8. The van der Waals surface area contributed by atoms with Gasteiger partial charge in [-0.2, -0.15) is 0 Å². The van der Waals surface area contributed by atoms with Crippen LogP contribution in [-0.4, -0.2) is 30.3 Å². The summed E-state index contributed by atoms with van der Waals surface area (Å²) >= 11 is 0. The second-order valence-corrected chi connectivity index (χ2v) is 34.0.